The van der Waals surface area contributed by atoms with Crippen molar-refractivity contribution in [2.45, 2.75) is 26.6 Å². The van der Waals surface area contributed by atoms with Gasteiger partial charge in [-0.15, -0.1) is 5.54 Å². The number of aromatic nitrogens is 2. The zero-order chi connectivity index (χ0) is 13.2. The lowest BCUT2D eigenvalue weighted by Crippen LogP contribution is -2.16. The monoisotopic (exact) mass is 254 g/mol. The number of aryl methyl sites for hydroxylation is 1. The summed E-state index contributed by atoms with van der Waals surface area (Å²) in [6.07, 6.45) is 1.88. The zero-order valence-corrected chi connectivity index (χ0v) is 12.4. The average molecular weight is 254 g/mol. The third-order valence-electron chi connectivity index (χ3n) is 2.51. The van der Waals surface area contributed by atoms with Gasteiger partial charge in [0.15, 0.2) is 0 Å². The summed E-state index contributed by atoms with van der Waals surface area (Å²) in [6.45, 7) is 8.80. The Balaban J connectivity index is 2.48. The van der Waals surface area contributed by atoms with Crippen LogP contribution in [0.2, 0.25) is 19.6 Å². The van der Waals surface area contributed by atoms with Gasteiger partial charge in [-0.05, 0) is 19.1 Å². The molecule has 0 aliphatic heterocycles. The smallest absolute Gasteiger partial charge is 0.129 e. The van der Waals surface area contributed by atoms with Gasteiger partial charge in [-0.1, -0.05) is 43.8 Å². The maximum Gasteiger partial charge on any atom is 0.129 e. The van der Waals surface area contributed by atoms with Gasteiger partial charge in [-0.3, -0.25) is 0 Å². The van der Waals surface area contributed by atoms with Crippen LogP contribution >= 0.6 is 0 Å². The topological polar surface area (TPSA) is 17.8 Å². The van der Waals surface area contributed by atoms with E-state index in [9.17, 15) is 0 Å². The second kappa shape index (κ2) is 4.83. The molecule has 0 aliphatic carbocycles. The van der Waals surface area contributed by atoms with E-state index in [4.69, 9.17) is 0 Å². The first kappa shape index (κ1) is 12.7. The molecule has 0 atom stereocenters. The van der Waals surface area contributed by atoms with Crippen molar-refractivity contribution >= 4 is 8.07 Å². The normalized spacial score (nSPS) is 10.9. The summed E-state index contributed by atoms with van der Waals surface area (Å²) in [7, 11) is -1.36. The molecule has 1 aromatic heterocycles. The average Bonchev–Trinajstić information content (AvgIpc) is 2.68. The molecule has 0 radical (unpaired) electrons. The number of hydrogen-bond acceptors (Lipinski definition) is 1. The van der Waals surface area contributed by atoms with Crippen molar-refractivity contribution in [2.24, 2.45) is 0 Å². The van der Waals surface area contributed by atoms with Gasteiger partial charge in [0.05, 0.1) is 11.9 Å². The van der Waals surface area contributed by atoms with E-state index in [1.165, 1.54) is 0 Å². The lowest BCUT2D eigenvalue weighted by atomic mass is 10.2. The molecule has 0 N–H and O–H groups in total. The van der Waals surface area contributed by atoms with Crippen molar-refractivity contribution in [3.05, 3.63) is 47.8 Å². The largest absolute Gasteiger partial charge is 0.225 e. The van der Waals surface area contributed by atoms with Crippen LogP contribution in [0.3, 0.4) is 0 Å². The Morgan fingerprint density at radius 3 is 2.39 bits per heavy atom. The number of hydrogen-bond donors (Lipinski definition) is 0. The van der Waals surface area contributed by atoms with E-state index in [0.717, 1.165) is 16.9 Å². The highest BCUT2D eigenvalue weighted by molar-refractivity contribution is 6.83. The minimum absolute atomic E-state index is 1.00. The highest BCUT2D eigenvalue weighted by Crippen LogP contribution is 2.13. The highest BCUT2D eigenvalue weighted by atomic mass is 28.3. The van der Waals surface area contributed by atoms with Gasteiger partial charge in [0.25, 0.3) is 0 Å². The van der Waals surface area contributed by atoms with Gasteiger partial charge in [-0.25, -0.2) is 4.68 Å². The SMILES string of the molecule is Cc1cnn(-c2ccccc2)c1C#C[Si](C)(C)C. The van der Waals surface area contributed by atoms with Crippen LogP contribution in [0.5, 0.6) is 0 Å². The fourth-order valence-electron chi connectivity index (χ4n) is 1.59. The van der Waals surface area contributed by atoms with E-state index < -0.39 is 8.07 Å². The third kappa shape index (κ3) is 2.90. The van der Waals surface area contributed by atoms with Crippen LogP contribution in [-0.2, 0) is 0 Å². The standard InChI is InChI=1S/C15H18N2Si/c1-13-12-16-17(14-8-6-5-7-9-14)15(13)10-11-18(2,3)4/h5-9,12H,1-4H3. The number of rotatable bonds is 1. The summed E-state index contributed by atoms with van der Waals surface area (Å²) in [5.41, 5.74) is 6.60. The van der Waals surface area contributed by atoms with Crippen molar-refractivity contribution in [2.75, 3.05) is 0 Å². The summed E-state index contributed by atoms with van der Waals surface area (Å²) in [6, 6.07) is 10.1. The van der Waals surface area contributed by atoms with Gasteiger partial charge in [0, 0.05) is 5.56 Å². The van der Waals surface area contributed by atoms with E-state index in [1.807, 2.05) is 41.2 Å². The van der Waals surface area contributed by atoms with Gasteiger partial charge in [-0.2, -0.15) is 5.10 Å². The molecule has 18 heavy (non-hydrogen) atoms. The van der Waals surface area contributed by atoms with Crippen LogP contribution in [0.15, 0.2) is 36.5 Å². The molecule has 0 bridgehead atoms. The molecule has 1 heterocycles. The predicted octanol–water partition coefficient (Wildman–Crippen LogP) is 3.41. The molecule has 0 saturated heterocycles. The lowest BCUT2D eigenvalue weighted by molar-refractivity contribution is 0.868. The molecule has 0 unspecified atom stereocenters. The molecule has 0 spiro atoms. The second-order valence-electron chi connectivity index (χ2n) is 5.42. The Morgan fingerprint density at radius 1 is 1.11 bits per heavy atom. The number of para-hydroxylation sites is 1. The van der Waals surface area contributed by atoms with Crippen LogP contribution < -0.4 is 0 Å². The molecule has 0 saturated carbocycles. The molecule has 0 fully saturated rings. The van der Waals surface area contributed by atoms with E-state index in [-0.39, 0.29) is 0 Å². The second-order valence-corrected chi connectivity index (χ2v) is 10.2. The first-order chi connectivity index (χ1) is 8.47. The Hall–Kier alpha value is -1.79. The van der Waals surface area contributed by atoms with Crippen molar-refractivity contribution in [1.82, 2.24) is 9.78 Å². The van der Waals surface area contributed by atoms with Crippen LogP contribution in [0.4, 0.5) is 0 Å². The molecule has 1 aromatic carbocycles. The van der Waals surface area contributed by atoms with Gasteiger partial charge in [0.2, 0.25) is 0 Å². The molecule has 92 valence electrons. The van der Waals surface area contributed by atoms with Crippen LogP contribution in [-0.4, -0.2) is 17.9 Å². The molecule has 3 heteroatoms. The summed E-state index contributed by atoms with van der Waals surface area (Å²) in [5, 5.41) is 4.42. The minimum Gasteiger partial charge on any atom is -0.225 e. The maximum atomic E-state index is 4.42. The Kier molecular flexibility index (Phi) is 3.40. The summed E-state index contributed by atoms with van der Waals surface area (Å²) in [5.74, 6) is 3.31. The molecule has 2 nitrogen and oxygen atoms in total. The fraction of sp³-hybridized carbons (Fsp3) is 0.267. The Morgan fingerprint density at radius 2 is 1.78 bits per heavy atom. The van der Waals surface area contributed by atoms with Crippen LogP contribution in [0.1, 0.15) is 11.3 Å². The summed E-state index contributed by atoms with van der Waals surface area (Å²) in [4.78, 5) is 0. The van der Waals surface area contributed by atoms with Gasteiger partial charge >= 0.3 is 0 Å². The van der Waals surface area contributed by atoms with Crippen molar-refractivity contribution < 1.29 is 0 Å². The number of benzene rings is 1. The number of nitrogens with zero attached hydrogens (tertiary/aromatic N) is 2. The molecular weight excluding hydrogens is 236 g/mol. The van der Waals surface area contributed by atoms with E-state index in [1.54, 1.807) is 0 Å². The van der Waals surface area contributed by atoms with E-state index in [2.05, 4.69) is 43.1 Å². The lowest BCUT2D eigenvalue weighted by Gasteiger charge is -2.06. The van der Waals surface area contributed by atoms with E-state index >= 15 is 0 Å². The molecule has 0 amide bonds. The quantitative estimate of drug-likeness (QED) is 0.563. The molecule has 2 aromatic rings. The Labute approximate surface area is 110 Å². The molecular formula is C15H18N2Si. The Bertz CT molecular complexity index is 595. The first-order valence-electron chi connectivity index (χ1n) is 6.10. The van der Waals surface area contributed by atoms with Crippen molar-refractivity contribution in [3.63, 3.8) is 0 Å². The minimum atomic E-state index is -1.36. The van der Waals surface area contributed by atoms with Gasteiger partial charge in [0.1, 0.15) is 13.8 Å². The van der Waals surface area contributed by atoms with Crippen molar-refractivity contribution in [1.29, 1.82) is 0 Å². The van der Waals surface area contributed by atoms with Crippen LogP contribution in [0, 0.1) is 18.4 Å². The predicted molar refractivity (Wildman–Crippen MR) is 78.5 cm³/mol. The van der Waals surface area contributed by atoms with Crippen molar-refractivity contribution in [3.8, 4) is 17.2 Å². The van der Waals surface area contributed by atoms with E-state index in [0.29, 0.717) is 0 Å². The molecule has 2 rings (SSSR count). The summed E-state index contributed by atoms with van der Waals surface area (Å²) >= 11 is 0. The fourth-order valence-corrected chi connectivity index (χ4v) is 2.09. The highest BCUT2D eigenvalue weighted by Gasteiger charge is 2.10. The van der Waals surface area contributed by atoms with Gasteiger partial charge < -0.3 is 0 Å². The zero-order valence-electron chi connectivity index (χ0n) is 11.4. The third-order valence-corrected chi connectivity index (χ3v) is 3.38. The first-order valence-corrected chi connectivity index (χ1v) is 9.60. The van der Waals surface area contributed by atoms with Crippen LogP contribution in [0.25, 0.3) is 5.69 Å². The summed E-state index contributed by atoms with van der Waals surface area (Å²) < 4.78 is 1.92. The maximum absolute atomic E-state index is 4.42. The molecule has 0 aliphatic rings.